The summed E-state index contributed by atoms with van der Waals surface area (Å²) in [5.74, 6) is 0.0835. The lowest BCUT2D eigenvalue weighted by atomic mass is 10.2. The van der Waals surface area contributed by atoms with Gasteiger partial charge in [-0.05, 0) is 55.5 Å². The molecule has 3 rings (SSSR count). The van der Waals surface area contributed by atoms with E-state index < -0.39 is 5.56 Å². The van der Waals surface area contributed by atoms with Crippen LogP contribution in [0.4, 0.5) is 0 Å². The highest BCUT2D eigenvalue weighted by Gasteiger charge is 2.16. The van der Waals surface area contributed by atoms with E-state index >= 15 is 0 Å². The van der Waals surface area contributed by atoms with E-state index in [9.17, 15) is 15.2 Å². The number of phenolic OH excluding ortho intramolecular Hbond substituents is 1. The Hall–Kier alpha value is -2.75. The summed E-state index contributed by atoms with van der Waals surface area (Å²) in [6.07, 6.45) is 0. The van der Waals surface area contributed by atoms with E-state index in [4.69, 9.17) is 11.6 Å². The molecule has 0 bridgehead atoms. The fourth-order valence-corrected chi connectivity index (χ4v) is 3.20. The summed E-state index contributed by atoms with van der Waals surface area (Å²) < 4.78 is 1.17. The Bertz CT molecular complexity index is 1020. The van der Waals surface area contributed by atoms with E-state index in [0.29, 0.717) is 21.3 Å². The number of halogens is 1. The smallest absolute Gasteiger partial charge is 0.289 e. The molecule has 5 nitrogen and oxygen atoms in total. The molecule has 0 saturated carbocycles. The number of phenols is 1. The second kappa shape index (κ2) is 7.01. The lowest BCUT2D eigenvalue weighted by molar-refractivity contribution is 0.475. The molecule has 7 heteroatoms. The third-order valence-electron chi connectivity index (χ3n) is 3.53. The molecule has 0 atom stereocenters. The van der Waals surface area contributed by atoms with Crippen LogP contribution < -0.4 is 5.56 Å². The minimum atomic E-state index is -0.494. The van der Waals surface area contributed by atoms with Crippen molar-refractivity contribution in [3.63, 3.8) is 0 Å². The van der Waals surface area contributed by atoms with Gasteiger partial charge in [0.2, 0.25) is 0 Å². The van der Waals surface area contributed by atoms with Crippen LogP contribution in [0, 0.1) is 18.3 Å². The van der Waals surface area contributed by atoms with Crippen LogP contribution in [0.3, 0.4) is 0 Å². The van der Waals surface area contributed by atoms with E-state index in [1.807, 2.05) is 18.2 Å². The maximum absolute atomic E-state index is 12.5. The zero-order valence-corrected chi connectivity index (χ0v) is 14.7. The molecule has 1 N–H and O–H groups in total. The molecule has 0 radical (unpaired) electrons. The van der Waals surface area contributed by atoms with Crippen molar-refractivity contribution in [1.82, 2.24) is 9.78 Å². The molecule has 0 unspecified atom stereocenters. The highest BCUT2D eigenvalue weighted by atomic mass is 35.5. The molecule has 0 spiro atoms. The molecule has 1 aromatic heterocycles. The second-order valence-electron chi connectivity index (χ2n) is 5.21. The maximum atomic E-state index is 12.5. The first kappa shape index (κ1) is 17.1. The number of hydrogen-bond acceptors (Lipinski definition) is 5. The van der Waals surface area contributed by atoms with Crippen LogP contribution in [0.1, 0.15) is 11.1 Å². The van der Waals surface area contributed by atoms with Crippen molar-refractivity contribution in [3.05, 3.63) is 75.0 Å². The van der Waals surface area contributed by atoms with E-state index in [0.717, 1.165) is 4.90 Å². The van der Waals surface area contributed by atoms with Gasteiger partial charge in [-0.1, -0.05) is 23.4 Å². The second-order valence-corrected chi connectivity index (χ2v) is 6.70. The highest BCUT2D eigenvalue weighted by Crippen LogP contribution is 2.30. The third kappa shape index (κ3) is 3.53. The summed E-state index contributed by atoms with van der Waals surface area (Å²) in [6.45, 7) is 1.70. The summed E-state index contributed by atoms with van der Waals surface area (Å²) in [4.78, 5) is 13.4. The Balaban J connectivity index is 2.14. The number of nitrogens with zero attached hydrogens (tertiary/aromatic N) is 3. The standard InChI is InChI=1S/C18H12ClN3O2S/c1-11-16(10-20)18(24)22(13-4-6-14(23)7-5-13)21-17(11)25-15-8-2-12(19)3-9-15/h2-9,23H,1H3. The maximum Gasteiger partial charge on any atom is 0.289 e. The lowest BCUT2D eigenvalue weighted by Gasteiger charge is -2.11. The van der Waals surface area contributed by atoms with Gasteiger partial charge in [-0.3, -0.25) is 4.79 Å². The molecule has 1 heterocycles. The summed E-state index contributed by atoms with van der Waals surface area (Å²) in [7, 11) is 0. The monoisotopic (exact) mass is 369 g/mol. The summed E-state index contributed by atoms with van der Waals surface area (Å²) in [5, 5.41) is 24.4. The molecule has 0 amide bonds. The molecule has 2 aromatic carbocycles. The van der Waals surface area contributed by atoms with Crippen molar-refractivity contribution in [2.24, 2.45) is 0 Å². The van der Waals surface area contributed by atoms with Gasteiger partial charge in [-0.15, -0.1) is 0 Å². The van der Waals surface area contributed by atoms with Crippen LogP contribution in [-0.4, -0.2) is 14.9 Å². The lowest BCUT2D eigenvalue weighted by Crippen LogP contribution is -2.25. The molecular formula is C18H12ClN3O2S. The van der Waals surface area contributed by atoms with E-state index in [1.54, 1.807) is 31.2 Å². The average Bonchev–Trinajstić information content (AvgIpc) is 2.61. The summed E-state index contributed by atoms with van der Waals surface area (Å²) >= 11 is 7.24. The van der Waals surface area contributed by atoms with Gasteiger partial charge in [0.05, 0.1) is 5.69 Å². The van der Waals surface area contributed by atoms with Gasteiger partial charge < -0.3 is 5.11 Å². The van der Waals surface area contributed by atoms with Gasteiger partial charge in [0.15, 0.2) is 0 Å². The summed E-state index contributed by atoms with van der Waals surface area (Å²) in [6, 6.07) is 15.2. The van der Waals surface area contributed by atoms with Crippen molar-refractivity contribution < 1.29 is 5.11 Å². The van der Waals surface area contributed by atoms with Crippen LogP contribution >= 0.6 is 23.4 Å². The number of aromatic nitrogens is 2. The summed E-state index contributed by atoms with van der Waals surface area (Å²) in [5.41, 5.74) is 0.547. The largest absolute Gasteiger partial charge is 0.508 e. The van der Waals surface area contributed by atoms with Gasteiger partial charge in [0.25, 0.3) is 5.56 Å². The average molecular weight is 370 g/mol. The molecule has 0 fully saturated rings. The molecule has 0 aliphatic carbocycles. The zero-order valence-electron chi connectivity index (χ0n) is 13.1. The number of nitriles is 1. The van der Waals surface area contributed by atoms with Crippen molar-refractivity contribution >= 4 is 23.4 Å². The van der Waals surface area contributed by atoms with Crippen molar-refractivity contribution in [2.75, 3.05) is 0 Å². The minimum Gasteiger partial charge on any atom is -0.508 e. The first-order chi connectivity index (χ1) is 12.0. The Morgan fingerprint density at radius 2 is 1.80 bits per heavy atom. The van der Waals surface area contributed by atoms with E-state index in [-0.39, 0.29) is 11.3 Å². The number of rotatable bonds is 3. The number of aromatic hydroxyl groups is 1. The fraction of sp³-hybridized carbons (Fsp3) is 0.0556. The van der Waals surface area contributed by atoms with Crippen molar-refractivity contribution in [2.45, 2.75) is 16.8 Å². The van der Waals surface area contributed by atoms with Gasteiger partial charge in [0.1, 0.15) is 22.4 Å². The van der Waals surface area contributed by atoms with Crippen LogP contribution in [0.15, 0.2) is 63.2 Å². The number of benzene rings is 2. The molecule has 0 aliphatic rings. The molecule has 25 heavy (non-hydrogen) atoms. The van der Waals surface area contributed by atoms with Gasteiger partial charge in [0, 0.05) is 15.5 Å². The molecule has 124 valence electrons. The van der Waals surface area contributed by atoms with E-state index in [1.165, 1.54) is 28.6 Å². The Kier molecular flexibility index (Phi) is 4.79. The molecule has 0 saturated heterocycles. The third-order valence-corrected chi connectivity index (χ3v) is 4.87. The van der Waals surface area contributed by atoms with Gasteiger partial charge in [-0.25, -0.2) is 0 Å². The first-order valence-corrected chi connectivity index (χ1v) is 8.46. The van der Waals surface area contributed by atoms with Crippen LogP contribution in [0.25, 0.3) is 5.69 Å². The quantitative estimate of drug-likeness (QED) is 0.756. The van der Waals surface area contributed by atoms with Gasteiger partial charge >= 0.3 is 0 Å². The van der Waals surface area contributed by atoms with Crippen molar-refractivity contribution in [3.8, 4) is 17.5 Å². The topological polar surface area (TPSA) is 78.9 Å². The normalized spacial score (nSPS) is 10.4. The van der Waals surface area contributed by atoms with E-state index in [2.05, 4.69) is 5.10 Å². The molecule has 3 aromatic rings. The Labute approximate surface area is 153 Å². The van der Waals surface area contributed by atoms with Crippen LogP contribution in [0.2, 0.25) is 5.02 Å². The zero-order chi connectivity index (χ0) is 18.0. The SMILES string of the molecule is Cc1c(Sc2ccc(Cl)cc2)nn(-c2ccc(O)cc2)c(=O)c1C#N. The van der Waals surface area contributed by atoms with Crippen LogP contribution in [-0.2, 0) is 0 Å². The first-order valence-electron chi connectivity index (χ1n) is 7.26. The van der Waals surface area contributed by atoms with Crippen LogP contribution in [0.5, 0.6) is 5.75 Å². The predicted molar refractivity (Wildman–Crippen MR) is 96.5 cm³/mol. The Morgan fingerprint density at radius 1 is 1.16 bits per heavy atom. The molecule has 0 aliphatic heterocycles. The van der Waals surface area contributed by atoms with Crippen molar-refractivity contribution in [1.29, 1.82) is 5.26 Å². The Morgan fingerprint density at radius 3 is 2.40 bits per heavy atom. The highest BCUT2D eigenvalue weighted by molar-refractivity contribution is 7.99. The minimum absolute atomic E-state index is 0.0412. The molecular weight excluding hydrogens is 358 g/mol. The number of hydrogen-bond donors (Lipinski definition) is 1. The van der Waals surface area contributed by atoms with Gasteiger partial charge in [-0.2, -0.15) is 15.0 Å². The predicted octanol–water partition coefficient (Wildman–Crippen LogP) is 3.92. The fourth-order valence-electron chi connectivity index (χ4n) is 2.20.